The molecule has 93 heavy (non-hydrogen) atoms. The van der Waals surface area contributed by atoms with Crippen molar-refractivity contribution in [1.82, 2.24) is 16.0 Å². The van der Waals surface area contributed by atoms with E-state index < -0.39 is 290 Å². The number of hydrogen-bond donors (Lipinski definition) is 22. The lowest BCUT2D eigenvalue weighted by molar-refractivity contribution is -0.452. The van der Waals surface area contributed by atoms with Gasteiger partial charge in [-0.15, -0.1) is 0 Å². The maximum atomic E-state index is 12.9. The fourth-order valence-electron chi connectivity index (χ4n) is 12.8. The molecule has 0 radical (unpaired) electrons. The minimum atomic E-state index is -2.80. The maximum Gasteiger partial charge on any atom is 0.334 e. The van der Waals surface area contributed by atoms with E-state index in [1.165, 1.54) is 20.8 Å². The summed E-state index contributed by atoms with van der Waals surface area (Å²) in [5.74, 6) is -10.6. The molecule has 7 aliphatic heterocycles. The number of rotatable bonds is 25. The minimum Gasteiger partial charge on any atom is -0.410 e. The first-order valence-corrected chi connectivity index (χ1v) is 29.9. The Morgan fingerprint density at radius 3 is 1.43 bits per heavy atom. The van der Waals surface area contributed by atoms with E-state index in [1.807, 2.05) is 0 Å². The Morgan fingerprint density at radius 2 is 0.935 bits per heavy atom. The summed E-state index contributed by atoms with van der Waals surface area (Å²) < 4.78 is 81.7. The monoisotopic (exact) mass is 1360 g/mol. The van der Waals surface area contributed by atoms with Crippen molar-refractivity contribution in [2.75, 3.05) is 39.6 Å². The van der Waals surface area contributed by atoms with E-state index in [-0.39, 0.29) is 6.47 Å². The van der Waals surface area contributed by atoms with Gasteiger partial charge in [0.05, 0.1) is 82.4 Å². The predicted octanol–water partition coefficient (Wildman–Crippen LogP) is -14.3. The zero-order valence-corrected chi connectivity index (χ0v) is 50.6. The Labute approximate surface area is 528 Å². The van der Waals surface area contributed by atoms with E-state index in [9.17, 15) is 116 Å². The topological polar surface area (TPSA) is 618 Å². The first kappa shape index (κ1) is 75.4. The molecule has 3 amide bonds. The van der Waals surface area contributed by atoms with Crippen LogP contribution in [0.15, 0.2) is 0 Å². The van der Waals surface area contributed by atoms with Crippen LogP contribution in [0.2, 0.25) is 0 Å². The van der Waals surface area contributed by atoms with E-state index in [0.717, 1.165) is 13.8 Å². The molecular formula is C53H87N3O37. The first-order valence-electron chi connectivity index (χ1n) is 29.9. The molecule has 0 aromatic rings. The molecule has 0 aromatic carbocycles. The lowest BCUT2D eigenvalue weighted by Crippen LogP contribution is -2.70. The molecule has 40 heteroatoms. The van der Waals surface area contributed by atoms with E-state index in [1.54, 1.807) is 0 Å². The van der Waals surface area contributed by atoms with Crippen molar-refractivity contribution in [3.63, 3.8) is 0 Å². The smallest absolute Gasteiger partial charge is 0.334 e. The largest absolute Gasteiger partial charge is 0.410 e. The number of aliphatic hydroxyl groups is 19. The molecule has 0 aromatic heterocycles. The van der Waals surface area contributed by atoms with Crippen LogP contribution in [0, 0.1) is 11.8 Å². The Morgan fingerprint density at radius 1 is 0.505 bits per heavy atom. The summed E-state index contributed by atoms with van der Waals surface area (Å²) in [4.78, 5) is 49.4. The highest BCUT2D eigenvalue weighted by Gasteiger charge is 2.78. The van der Waals surface area contributed by atoms with Crippen molar-refractivity contribution in [3.05, 3.63) is 0 Å². The van der Waals surface area contributed by atoms with Crippen LogP contribution in [0.5, 0.6) is 0 Å². The Balaban J connectivity index is 0.997. The van der Waals surface area contributed by atoms with Gasteiger partial charge in [0, 0.05) is 26.7 Å². The summed E-state index contributed by atoms with van der Waals surface area (Å²) in [5, 5.41) is 217. The van der Waals surface area contributed by atoms with E-state index in [0.29, 0.717) is 0 Å². The second kappa shape index (κ2) is 31.2. The molecule has 22 N–H and O–H groups in total. The second-order valence-electron chi connectivity index (χ2n) is 24.2. The number of carbonyl (C=O) groups is 4. The molecule has 37 atom stereocenters. The molecule has 16 unspecified atom stereocenters. The van der Waals surface area contributed by atoms with Crippen molar-refractivity contribution in [2.45, 2.75) is 255 Å². The number of fused-ring (bicyclic) bond motifs is 1. The first-order chi connectivity index (χ1) is 43.9. The van der Waals surface area contributed by atoms with E-state index in [2.05, 4.69) is 16.0 Å². The molecule has 0 spiro atoms. The fraction of sp³-hybridized carbons (Fsp3) is 0.925. The average molecular weight is 1360 g/mol. The van der Waals surface area contributed by atoms with Gasteiger partial charge in [-0.2, -0.15) is 0 Å². The molecule has 1 saturated carbocycles. The van der Waals surface area contributed by atoms with Gasteiger partial charge < -0.3 is 175 Å². The van der Waals surface area contributed by atoms with Crippen molar-refractivity contribution < 1.29 is 183 Å². The molecule has 536 valence electrons. The van der Waals surface area contributed by atoms with Crippen LogP contribution in [-0.2, 0) is 85.5 Å². The lowest BCUT2D eigenvalue weighted by atomic mass is 9.87. The van der Waals surface area contributed by atoms with Crippen LogP contribution in [0.4, 0.5) is 0 Å². The van der Waals surface area contributed by atoms with Crippen LogP contribution in [-0.4, -0.2) is 375 Å². The SMILES string of the molecule is CC(=O)NC1[C@H](OC2C(O)[C@H](O)C(CO)O[C@@H]2O[C@@H]2C(O)[C@H](O[C@@H]3C(CO)O[C@@H](O[C@@H]4C(CO)O[C@@H](C)C(NC(C)=O)[C@H]4O)C(NC(C)=O)[C@H]3O)OC(CO)[C@H]2O)OC(CO)[C@@H](O[C@@H]2OC3[C@@H]([C@H](O)C2O)C3(O)O[C@]2(OC=O)C[C@@H](O)[C@@H](C)C(C(O)[C@H](O)CO)O2)[C@@H]1O. The molecule has 7 heterocycles. The molecule has 8 aliphatic rings. The summed E-state index contributed by atoms with van der Waals surface area (Å²) in [7, 11) is 0. The molecule has 8 rings (SSSR count). The summed E-state index contributed by atoms with van der Waals surface area (Å²) in [5.41, 5.74) is 0. The van der Waals surface area contributed by atoms with Gasteiger partial charge in [0.25, 0.3) is 6.47 Å². The molecule has 1 aliphatic carbocycles. The number of ether oxygens (including phenoxy) is 14. The lowest BCUT2D eigenvalue weighted by Gasteiger charge is -2.51. The van der Waals surface area contributed by atoms with Gasteiger partial charge in [-0.05, 0) is 6.92 Å². The zero-order chi connectivity index (χ0) is 68.6. The Bertz CT molecular complexity index is 2470. The fourth-order valence-corrected chi connectivity index (χ4v) is 12.8. The van der Waals surface area contributed by atoms with Gasteiger partial charge in [-0.25, -0.2) is 0 Å². The maximum absolute atomic E-state index is 12.9. The highest BCUT2D eigenvalue weighted by atomic mass is 16.9. The van der Waals surface area contributed by atoms with Gasteiger partial charge in [-0.1, -0.05) is 6.92 Å². The number of nitrogens with one attached hydrogen (secondary N) is 3. The van der Waals surface area contributed by atoms with Crippen molar-refractivity contribution >= 4 is 24.2 Å². The Kier molecular flexibility index (Phi) is 25.3. The predicted molar refractivity (Wildman–Crippen MR) is 287 cm³/mol. The molecular weight excluding hydrogens is 1270 g/mol. The minimum absolute atomic E-state index is 0.212. The van der Waals surface area contributed by atoms with Gasteiger partial charge >= 0.3 is 5.97 Å². The summed E-state index contributed by atoms with van der Waals surface area (Å²) in [6, 6.07) is -4.71. The molecule has 7 saturated heterocycles. The van der Waals surface area contributed by atoms with Crippen molar-refractivity contribution in [2.24, 2.45) is 11.8 Å². The van der Waals surface area contributed by atoms with Gasteiger partial charge in [0.15, 0.2) is 31.5 Å². The van der Waals surface area contributed by atoms with Crippen molar-refractivity contribution in [1.29, 1.82) is 0 Å². The van der Waals surface area contributed by atoms with E-state index >= 15 is 0 Å². The third-order valence-electron chi connectivity index (χ3n) is 17.8. The van der Waals surface area contributed by atoms with Crippen LogP contribution >= 0.6 is 0 Å². The van der Waals surface area contributed by atoms with Crippen LogP contribution in [0.25, 0.3) is 0 Å². The molecule has 8 fully saturated rings. The molecule has 0 bridgehead atoms. The summed E-state index contributed by atoms with van der Waals surface area (Å²) in [6.07, 6.45) is -57.7. The quantitative estimate of drug-likeness (QED) is 0.0298. The Hall–Kier alpha value is -3.40. The summed E-state index contributed by atoms with van der Waals surface area (Å²) in [6.45, 7) is -0.209. The van der Waals surface area contributed by atoms with E-state index in [4.69, 9.17) is 66.3 Å². The highest BCUT2D eigenvalue weighted by molar-refractivity contribution is 5.74. The standard InChI is InChI=1S/C53H87N3O37/c1-14-19(67)6-52(80-13-63,92-40(14)30(69)20(68)7-57)93-53(79)26-33(72)38(77)49(91-46(26)53)87-42-24(11-61)85-48(29(36(42)75)56-18(5)66)90-45-37(76)31(70)21(8-58)83-51(45)89-44-32(71)22(9-59)82-50(39(44)78)88-43-25(12-62)84-47(28(35(43)74)55-17(4)65)86-41-23(10-60)81-15(2)27(34(41)73)54-16(3)64/h13-15,19-51,57-62,67-79H,6-12H2,1-5H3,(H,54,64)(H,55,65)(H,56,66)/t14-,15+,19-,20-,21?,22?,23?,24?,25?,26-,27?,28?,29?,30?,31-,32-,33+,34-,35-,36-,37?,38?,39?,40?,41-,42-,43-,44+,45?,46?,47+,48+,49-,50+,51-,52+,53?/m1/s1. The third-order valence-corrected chi connectivity index (χ3v) is 17.8. The number of carbonyl (C=O) groups excluding carboxylic acids is 4. The summed E-state index contributed by atoms with van der Waals surface area (Å²) >= 11 is 0. The second-order valence-corrected chi connectivity index (χ2v) is 24.2. The highest BCUT2D eigenvalue weighted by Crippen LogP contribution is 2.57. The van der Waals surface area contributed by atoms with Gasteiger partial charge in [-0.3, -0.25) is 23.9 Å². The number of hydrogen-bond acceptors (Lipinski definition) is 37. The average Bonchev–Trinajstić information content (AvgIpc) is 1.53. The number of amides is 3. The third kappa shape index (κ3) is 15.6. The van der Waals surface area contributed by atoms with Crippen LogP contribution in [0.1, 0.15) is 41.0 Å². The zero-order valence-electron chi connectivity index (χ0n) is 50.6. The van der Waals surface area contributed by atoms with Gasteiger partial charge in [0.1, 0.15) is 140 Å². The van der Waals surface area contributed by atoms with Crippen LogP contribution < -0.4 is 16.0 Å². The normalized spacial score (nSPS) is 49.1. The molecule has 40 nitrogen and oxygen atoms in total. The van der Waals surface area contributed by atoms with Crippen molar-refractivity contribution in [3.8, 4) is 0 Å². The number of aliphatic hydroxyl groups excluding tert-OH is 18. The van der Waals surface area contributed by atoms with Gasteiger partial charge in [0.2, 0.25) is 23.5 Å². The van der Waals surface area contributed by atoms with Crippen LogP contribution in [0.3, 0.4) is 0 Å².